The summed E-state index contributed by atoms with van der Waals surface area (Å²) in [6, 6.07) is 10.4. The van der Waals surface area contributed by atoms with Gasteiger partial charge in [-0.15, -0.1) is 0 Å². The lowest BCUT2D eigenvalue weighted by Crippen LogP contribution is -2.14. The molecule has 0 bridgehead atoms. The predicted octanol–water partition coefficient (Wildman–Crippen LogP) is 3.03. The molecule has 0 saturated carbocycles. The Kier molecular flexibility index (Phi) is 5.29. The second kappa shape index (κ2) is 7.63. The van der Waals surface area contributed by atoms with Gasteiger partial charge in [0.2, 0.25) is 5.95 Å². The van der Waals surface area contributed by atoms with Gasteiger partial charge in [0.25, 0.3) is 0 Å². The summed E-state index contributed by atoms with van der Waals surface area (Å²) in [7, 11) is 3.10. The van der Waals surface area contributed by atoms with Crippen molar-refractivity contribution in [1.29, 1.82) is 0 Å². The van der Waals surface area contributed by atoms with Crippen LogP contribution in [0, 0.1) is 0 Å². The average molecular weight is 375 g/mol. The maximum atomic E-state index is 10.3. The van der Waals surface area contributed by atoms with E-state index in [1.807, 2.05) is 0 Å². The molecule has 0 radical (unpaired) electrons. The maximum Gasteiger partial charge on any atom is 0.225 e. The third kappa shape index (κ3) is 3.74. The Morgan fingerprint density at radius 3 is 2.42 bits per heavy atom. The van der Waals surface area contributed by atoms with Gasteiger partial charge in [-0.05, 0) is 23.8 Å². The number of halogens is 1. The van der Waals surface area contributed by atoms with E-state index < -0.39 is 6.10 Å². The predicted molar refractivity (Wildman–Crippen MR) is 102 cm³/mol. The summed E-state index contributed by atoms with van der Waals surface area (Å²) in [5.74, 6) is 1.72. The van der Waals surface area contributed by atoms with E-state index in [1.165, 1.54) is 0 Å². The van der Waals surface area contributed by atoms with Crippen LogP contribution in [0.2, 0.25) is 5.02 Å². The summed E-state index contributed by atoms with van der Waals surface area (Å²) in [6.07, 6.45) is -0.738. The van der Waals surface area contributed by atoms with Crippen LogP contribution >= 0.6 is 11.6 Å². The highest BCUT2D eigenvalue weighted by molar-refractivity contribution is 6.30. The molecule has 136 valence electrons. The van der Waals surface area contributed by atoms with Crippen molar-refractivity contribution in [2.45, 2.75) is 6.10 Å². The molecule has 0 aliphatic rings. The molecule has 0 amide bonds. The fourth-order valence-corrected chi connectivity index (χ4v) is 2.68. The molecule has 8 heteroatoms. The molecule has 2 aromatic carbocycles. The van der Waals surface area contributed by atoms with Crippen molar-refractivity contribution < 1.29 is 14.6 Å². The van der Waals surface area contributed by atoms with Crippen LogP contribution in [0.5, 0.6) is 11.5 Å². The van der Waals surface area contributed by atoms with Crippen molar-refractivity contribution in [2.75, 3.05) is 31.8 Å². The molecule has 4 N–H and O–H groups in total. The molecule has 0 spiro atoms. The first-order valence-electron chi connectivity index (χ1n) is 7.88. The van der Waals surface area contributed by atoms with Crippen LogP contribution < -0.4 is 20.5 Å². The van der Waals surface area contributed by atoms with Crippen LogP contribution in [-0.2, 0) is 0 Å². The minimum absolute atomic E-state index is 0.222. The zero-order chi connectivity index (χ0) is 18.7. The number of aliphatic hydroxyl groups is 1. The smallest absolute Gasteiger partial charge is 0.225 e. The van der Waals surface area contributed by atoms with Crippen molar-refractivity contribution in [3.05, 3.63) is 47.0 Å². The molecule has 1 unspecified atom stereocenters. The van der Waals surface area contributed by atoms with Gasteiger partial charge in [-0.3, -0.25) is 0 Å². The Bertz CT molecular complexity index is 918. The molecule has 3 rings (SSSR count). The Hall–Kier alpha value is -2.77. The van der Waals surface area contributed by atoms with Gasteiger partial charge >= 0.3 is 0 Å². The molecule has 0 aliphatic heterocycles. The largest absolute Gasteiger partial charge is 0.493 e. The van der Waals surface area contributed by atoms with E-state index in [-0.39, 0.29) is 6.54 Å². The van der Waals surface area contributed by atoms with Crippen LogP contribution in [0.4, 0.5) is 11.8 Å². The molecular formula is C18H19ClN4O3. The number of aromatic nitrogens is 2. The molecule has 0 fully saturated rings. The van der Waals surface area contributed by atoms with Gasteiger partial charge in [0, 0.05) is 23.0 Å². The van der Waals surface area contributed by atoms with Gasteiger partial charge in [0.15, 0.2) is 11.5 Å². The van der Waals surface area contributed by atoms with Crippen molar-refractivity contribution >= 4 is 34.3 Å². The Morgan fingerprint density at radius 2 is 1.77 bits per heavy atom. The number of anilines is 2. The monoisotopic (exact) mass is 374 g/mol. The lowest BCUT2D eigenvalue weighted by Gasteiger charge is -2.14. The van der Waals surface area contributed by atoms with E-state index in [4.69, 9.17) is 26.8 Å². The number of methoxy groups -OCH3 is 2. The molecule has 1 atom stereocenters. The lowest BCUT2D eigenvalue weighted by atomic mass is 10.1. The van der Waals surface area contributed by atoms with Crippen LogP contribution in [0.15, 0.2) is 36.4 Å². The number of hydrogen-bond donors (Lipinski definition) is 3. The SMILES string of the molecule is COc1cc2nc(NCC(O)c3ccc(Cl)cc3)nc(N)c2cc1OC. The number of nitrogens with one attached hydrogen (secondary N) is 1. The molecular weight excluding hydrogens is 356 g/mol. The van der Waals surface area contributed by atoms with Gasteiger partial charge < -0.3 is 25.6 Å². The number of benzene rings is 2. The summed E-state index contributed by atoms with van der Waals surface area (Å²) < 4.78 is 10.6. The van der Waals surface area contributed by atoms with Gasteiger partial charge in [0.05, 0.1) is 25.8 Å². The van der Waals surface area contributed by atoms with Crippen molar-refractivity contribution in [3.8, 4) is 11.5 Å². The highest BCUT2D eigenvalue weighted by Crippen LogP contribution is 2.33. The Balaban J connectivity index is 1.83. The zero-order valence-electron chi connectivity index (χ0n) is 14.4. The number of nitrogens with zero attached hydrogens (tertiary/aromatic N) is 2. The summed E-state index contributed by atoms with van der Waals surface area (Å²) in [5, 5.41) is 14.5. The Morgan fingerprint density at radius 1 is 1.12 bits per heavy atom. The van der Waals surface area contributed by atoms with E-state index in [0.29, 0.717) is 39.2 Å². The van der Waals surface area contributed by atoms with Crippen molar-refractivity contribution in [3.63, 3.8) is 0 Å². The fourth-order valence-electron chi connectivity index (χ4n) is 2.55. The topological polar surface area (TPSA) is 103 Å². The second-order valence-corrected chi connectivity index (χ2v) is 6.04. The minimum atomic E-state index is -0.738. The van der Waals surface area contributed by atoms with E-state index >= 15 is 0 Å². The van der Waals surface area contributed by atoms with Crippen molar-refractivity contribution in [2.24, 2.45) is 0 Å². The second-order valence-electron chi connectivity index (χ2n) is 5.61. The number of nitrogen functional groups attached to an aromatic ring is 1. The summed E-state index contributed by atoms with van der Waals surface area (Å²) >= 11 is 5.86. The first kappa shape index (κ1) is 18.0. The van der Waals surface area contributed by atoms with Crippen LogP contribution in [0.1, 0.15) is 11.7 Å². The molecule has 0 saturated heterocycles. The zero-order valence-corrected chi connectivity index (χ0v) is 15.1. The van der Waals surface area contributed by atoms with E-state index in [2.05, 4.69) is 15.3 Å². The molecule has 7 nitrogen and oxygen atoms in total. The van der Waals surface area contributed by atoms with Crippen LogP contribution in [0.25, 0.3) is 10.9 Å². The molecule has 0 aliphatic carbocycles. The fraction of sp³-hybridized carbons (Fsp3) is 0.222. The van der Waals surface area contributed by atoms with Crippen LogP contribution in [-0.4, -0.2) is 35.8 Å². The molecule has 1 heterocycles. The highest BCUT2D eigenvalue weighted by Gasteiger charge is 2.13. The van der Waals surface area contributed by atoms with Crippen molar-refractivity contribution in [1.82, 2.24) is 9.97 Å². The number of fused-ring (bicyclic) bond motifs is 1. The van der Waals surface area contributed by atoms with Gasteiger partial charge in [-0.25, -0.2) is 4.98 Å². The first-order chi connectivity index (χ1) is 12.5. The molecule has 26 heavy (non-hydrogen) atoms. The van der Waals surface area contributed by atoms with E-state index in [0.717, 1.165) is 5.56 Å². The minimum Gasteiger partial charge on any atom is -0.493 e. The summed E-state index contributed by atoms with van der Waals surface area (Å²) in [6.45, 7) is 0.222. The summed E-state index contributed by atoms with van der Waals surface area (Å²) in [5.41, 5.74) is 7.39. The number of aliphatic hydroxyl groups excluding tert-OH is 1. The first-order valence-corrected chi connectivity index (χ1v) is 8.26. The lowest BCUT2D eigenvalue weighted by molar-refractivity contribution is 0.191. The number of nitrogens with two attached hydrogens (primary N) is 1. The van der Waals surface area contributed by atoms with E-state index in [9.17, 15) is 5.11 Å². The number of rotatable bonds is 6. The normalized spacial score (nSPS) is 12.0. The van der Waals surface area contributed by atoms with E-state index in [1.54, 1.807) is 50.6 Å². The van der Waals surface area contributed by atoms with Gasteiger partial charge in [0.1, 0.15) is 5.82 Å². The Labute approximate surface area is 155 Å². The average Bonchev–Trinajstić information content (AvgIpc) is 2.65. The third-order valence-corrected chi connectivity index (χ3v) is 4.19. The molecule has 1 aromatic heterocycles. The standard InChI is InChI=1S/C18H19ClN4O3/c1-25-15-7-12-13(8-16(15)26-2)22-18(23-17(12)20)21-9-14(24)10-3-5-11(19)6-4-10/h3-8,14,24H,9H2,1-2H3,(H3,20,21,22,23). The van der Waals surface area contributed by atoms with Gasteiger partial charge in [-0.1, -0.05) is 23.7 Å². The highest BCUT2D eigenvalue weighted by atomic mass is 35.5. The number of ether oxygens (including phenoxy) is 2. The van der Waals surface area contributed by atoms with Crippen LogP contribution in [0.3, 0.4) is 0 Å². The molecule has 3 aromatic rings. The quantitative estimate of drug-likeness (QED) is 0.609. The van der Waals surface area contributed by atoms with Gasteiger partial charge in [-0.2, -0.15) is 4.98 Å². The number of hydrogen-bond acceptors (Lipinski definition) is 7. The third-order valence-electron chi connectivity index (χ3n) is 3.94. The summed E-state index contributed by atoms with van der Waals surface area (Å²) in [4.78, 5) is 8.67. The maximum absolute atomic E-state index is 10.3.